The Morgan fingerprint density at radius 1 is 1.19 bits per heavy atom. The van der Waals surface area contributed by atoms with E-state index in [0.717, 1.165) is 51.9 Å². The number of nitro groups is 1. The van der Waals surface area contributed by atoms with E-state index < -0.39 is 18.7 Å². The highest BCUT2D eigenvalue weighted by Crippen LogP contribution is 2.64. The van der Waals surface area contributed by atoms with Crippen LogP contribution in [0.1, 0.15) is 63.9 Å². The summed E-state index contributed by atoms with van der Waals surface area (Å²) in [5.41, 5.74) is 0. The molecule has 150 valence electrons. The van der Waals surface area contributed by atoms with E-state index in [9.17, 15) is 14.7 Å². The molecule has 0 radical (unpaired) electrons. The molecule has 3 heterocycles. The molecule has 1 saturated carbocycles. The van der Waals surface area contributed by atoms with Crippen molar-refractivity contribution in [3.8, 4) is 0 Å². The minimum atomic E-state index is -3.05. The predicted molar refractivity (Wildman–Crippen MR) is 100 cm³/mol. The normalized spacial score (nSPS) is 22.9. The van der Waals surface area contributed by atoms with Gasteiger partial charge in [-0.05, 0) is 37.5 Å². The molecule has 0 bridgehead atoms. The monoisotopic (exact) mass is 397 g/mol. The summed E-state index contributed by atoms with van der Waals surface area (Å²) in [6.45, 7) is 6.94. The van der Waals surface area contributed by atoms with Gasteiger partial charge in [0.2, 0.25) is 5.82 Å². The number of hydrogen-bond donors (Lipinski definition) is 0. The Kier molecular flexibility index (Phi) is 5.14. The molecule has 9 nitrogen and oxygen atoms in total. The van der Waals surface area contributed by atoms with Crippen LogP contribution in [-0.4, -0.2) is 50.0 Å². The smallest absolute Gasteiger partial charge is 0.347 e. The predicted octanol–water partition coefficient (Wildman–Crippen LogP) is 3.75. The van der Waals surface area contributed by atoms with E-state index in [-0.39, 0.29) is 17.8 Å². The topological polar surface area (TPSA) is 93.3 Å². The number of rotatable bonds is 8. The van der Waals surface area contributed by atoms with Gasteiger partial charge >= 0.3 is 13.5 Å². The van der Waals surface area contributed by atoms with Gasteiger partial charge in [0.05, 0.1) is 6.04 Å². The number of nitrogens with zero attached hydrogens (tertiary/aromatic N) is 5. The molecule has 4 rings (SSSR count). The first-order chi connectivity index (χ1) is 12.9. The first-order valence-corrected chi connectivity index (χ1v) is 11.5. The molecule has 0 amide bonds. The Balaban J connectivity index is 1.72. The average molecular weight is 397 g/mol. The van der Waals surface area contributed by atoms with Crippen molar-refractivity contribution < 1.29 is 14.0 Å². The SMILES string of the molecule is CC(C)n1c([N+](=O)[O-])cnc1C(OP(=O)(N1CC1)N1CC1)C1CCCCC1. The molecular formula is C17H28N5O4P. The molecule has 2 saturated heterocycles. The molecular weight excluding hydrogens is 369 g/mol. The Hall–Kier alpha value is -1.28. The quantitative estimate of drug-likeness (QED) is 0.285. The molecule has 1 aromatic rings. The van der Waals surface area contributed by atoms with Crippen molar-refractivity contribution in [3.63, 3.8) is 0 Å². The molecule has 1 aliphatic carbocycles. The first kappa shape index (κ1) is 19.1. The second-order valence-corrected chi connectivity index (χ2v) is 10.3. The van der Waals surface area contributed by atoms with Crippen molar-refractivity contribution in [3.05, 3.63) is 22.1 Å². The van der Waals surface area contributed by atoms with Gasteiger partial charge in [0.15, 0.2) is 6.10 Å². The Morgan fingerprint density at radius 2 is 1.78 bits per heavy atom. The van der Waals surface area contributed by atoms with Gasteiger partial charge in [-0.15, -0.1) is 0 Å². The minimum Gasteiger partial charge on any atom is -0.358 e. The fourth-order valence-corrected chi connectivity index (χ4v) is 6.45. The van der Waals surface area contributed by atoms with E-state index in [1.54, 1.807) is 4.57 Å². The standard InChI is InChI=1S/C17H28N5O4P/c1-13(2)21-15(22(23)24)12-18-17(21)16(14-6-4-3-5-7-14)26-27(25,19-8-9-19)20-10-11-20/h12-14,16H,3-11H2,1-2H3. The van der Waals surface area contributed by atoms with Crippen LogP contribution in [0.25, 0.3) is 0 Å². The van der Waals surface area contributed by atoms with Crippen molar-refractivity contribution in [2.75, 3.05) is 26.2 Å². The summed E-state index contributed by atoms with van der Waals surface area (Å²) in [5.74, 6) is 0.705. The van der Waals surface area contributed by atoms with Crippen LogP contribution < -0.4 is 0 Å². The summed E-state index contributed by atoms with van der Waals surface area (Å²) in [6, 6.07) is -0.126. The maximum Gasteiger partial charge on any atom is 0.347 e. The third-order valence-corrected chi connectivity index (χ3v) is 8.39. The van der Waals surface area contributed by atoms with Gasteiger partial charge in [0.1, 0.15) is 6.20 Å². The highest BCUT2D eigenvalue weighted by molar-refractivity contribution is 7.54. The molecule has 1 aromatic heterocycles. The second kappa shape index (κ2) is 7.28. The molecule has 3 aliphatic rings. The third-order valence-electron chi connectivity index (χ3n) is 5.65. The van der Waals surface area contributed by atoms with Crippen molar-refractivity contribution >= 4 is 13.5 Å². The van der Waals surface area contributed by atoms with E-state index in [1.807, 2.05) is 23.2 Å². The van der Waals surface area contributed by atoms with Crippen LogP contribution in [-0.2, 0) is 9.09 Å². The van der Waals surface area contributed by atoms with E-state index in [2.05, 4.69) is 4.98 Å². The number of aromatic nitrogens is 2. The summed E-state index contributed by atoms with van der Waals surface area (Å²) in [6.07, 6.45) is 6.19. The van der Waals surface area contributed by atoms with Gasteiger partial charge in [0.25, 0.3) is 0 Å². The summed E-state index contributed by atoms with van der Waals surface area (Å²) in [4.78, 5) is 15.5. The molecule has 0 N–H and O–H groups in total. The van der Waals surface area contributed by atoms with Gasteiger partial charge in [0, 0.05) is 26.2 Å². The molecule has 27 heavy (non-hydrogen) atoms. The summed E-state index contributed by atoms with van der Waals surface area (Å²) < 4.78 is 25.5. The maximum atomic E-state index is 13.6. The fraction of sp³-hybridized carbons (Fsp3) is 0.824. The van der Waals surface area contributed by atoms with Crippen LogP contribution in [0.4, 0.5) is 5.82 Å². The largest absolute Gasteiger partial charge is 0.358 e. The molecule has 1 unspecified atom stereocenters. The molecule has 1 atom stereocenters. The van der Waals surface area contributed by atoms with E-state index in [4.69, 9.17) is 4.52 Å². The van der Waals surface area contributed by atoms with E-state index >= 15 is 0 Å². The lowest BCUT2D eigenvalue weighted by Crippen LogP contribution is -2.25. The first-order valence-electron chi connectivity index (χ1n) is 9.92. The van der Waals surface area contributed by atoms with Crippen LogP contribution in [0.3, 0.4) is 0 Å². The molecule has 10 heteroatoms. The van der Waals surface area contributed by atoms with E-state index in [0.29, 0.717) is 5.82 Å². The summed E-state index contributed by atoms with van der Waals surface area (Å²) in [7, 11) is -3.05. The molecule has 0 spiro atoms. The number of imidazole rings is 1. The molecule has 3 fully saturated rings. The van der Waals surface area contributed by atoms with Crippen molar-refractivity contribution in [1.82, 2.24) is 18.9 Å². The van der Waals surface area contributed by atoms with Crippen molar-refractivity contribution in [2.45, 2.75) is 58.1 Å². The van der Waals surface area contributed by atoms with Crippen LogP contribution in [0.2, 0.25) is 0 Å². The maximum absolute atomic E-state index is 13.6. The van der Waals surface area contributed by atoms with Gasteiger partial charge in [-0.3, -0.25) is 9.09 Å². The van der Waals surface area contributed by atoms with Crippen LogP contribution in [0, 0.1) is 16.0 Å². The Labute approximate surface area is 159 Å². The Bertz CT molecular complexity index is 737. The molecule has 2 aliphatic heterocycles. The Morgan fingerprint density at radius 3 is 2.26 bits per heavy atom. The number of hydrogen-bond acceptors (Lipinski definition) is 5. The van der Waals surface area contributed by atoms with Crippen LogP contribution in [0.15, 0.2) is 6.20 Å². The van der Waals surface area contributed by atoms with Crippen molar-refractivity contribution in [1.29, 1.82) is 0 Å². The average Bonchev–Trinajstić information content (AvgIpc) is 3.55. The lowest BCUT2D eigenvalue weighted by Gasteiger charge is -2.32. The van der Waals surface area contributed by atoms with Crippen molar-refractivity contribution in [2.24, 2.45) is 5.92 Å². The lowest BCUT2D eigenvalue weighted by atomic mass is 9.85. The van der Waals surface area contributed by atoms with Crippen LogP contribution in [0.5, 0.6) is 0 Å². The molecule has 0 aromatic carbocycles. The zero-order valence-electron chi connectivity index (χ0n) is 16.0. The zero-order valence-corrected chi connectivity index (χ0v) is 16.9. The highest BCUT2D eigenvalue weighted by Gasteiger charge is 2.52. The minimum absolute atomic E-state index is 0.0299. The van der Waals surface area contributed by atoms with Crippen LogP contribution >= 0.6 is 7.67 Å². The zero-order chi connectivity index (χ0) is 19.2. The fourth-order valence-electron chi connectivity index (χ4n) is 4.08. The second-order valence-electron chi connectivity index (χ2n) is 8.02. The van der Waals surface area contributed by atoms with Gasteiger partial charge < -0.3 is 10.1 Å². The van der Waals surface area contributed by atoms with Gasteiger partial charge in [-0.1, -0.05) is 19.3 Å². The van der Waals surface area contributed by atoms with Gasteiger partial charge in [-0.2, -0.15) is 0 Å². The summed E-state index contributed by atoms with van der Waals surface area (Å²) >= 11 is 0. The third kappa shape index (κ3) is 3.70. The van der Waals surface area contributed by atoms with Gasteiger partial charge in [-0.25, -0.2) is 18.9 Å². The van der Waals surface area contributed by atoms with E-state index in [1.165, 1.54) is 12.6 Å². The lowest BCUT2D eigenvalue weighted by molar-refractivity contribution is -0.392. The highest BCUT2D eigenvalue weighted by atomic mass is 31.2. The summed E-state index contributed by atoms with van der Waals surface area (Å²) in [5, 5.41) is 11.5.